The largest absolute Gasteiger partial charge is 0.345 e. The number of rotatable bonds is 3. The number of carbonyl (C=O) groups is 1. The van der Waals surface area contributed by atoms with Crippen LogP contribution in [0, 0.1) is 17.0 Å². The van der Waals surface area contributed by atoms with Gasteiger partial charge >= 0.3 is 0 Å². The number of nitrogens with one attached hydrogen (secondary N) is 2. The molecule has 110 valence electrons. The van der Waals surface area contributed by atoms with Crippen molar-refractivity contribution in [1.82, 2.24) is 9.97 Å². The molecule has 0 atom stereocenters. The number of nitro groups is 1. The molecule has 0 fully saturated rings. The molecule has 7 nitrogen and oxygen atoms in total. The topological polar surface area (TPSA) is 101 Å². The number of non-ortho nitro benzene ring substituents is 1. The van der Waals surface area contributed by atoms with Crippen molar-refractivity contribution < 1.29 is 9.72 Å². The summed E-state index contributed by atoms with van der Waals surface area (Å²) >= 11 is 0. The number of anilines is 1. The van der Waals surface area contributed by atoms with Crippen LogP contribution < -0.4 is 5.32 Å². The molecule has 2 heterocycles. The number of nitro benzene ring substituents is 1. The lowest BCUT2D eigenvalue weighted by atomic mass is 10.2. The highest BCUT2D eigenvalue weighted by Gasteiger charge is 2.17. The van der Waals surface area contributed by atoms with E-state index in [1.807, 2.05) is 13.0 Å². The average molecular weight is 296 g/mol. The van der Waals surface area contributed by atoms with Crippen LogP contribution in [0.25, 0.3) is 10.9 Å². The first-order valence-electron chi connectivity index (χ1n) is 6.55. The number of fused-ring (bicyclic) bond motifs is 1. The van der Waals surface area contributed by atoms with Gasteiger partial charge in [-0.3, -0.25) is 14.9 Å². The Hall–Kier alpha value is -3.22. The molecule has 1 amide bonds. The van der Waals surface area contributed by atoms with Gasteiger partial charge in [-0.25, -0.2) is 4.98 Å². The van der Waals surface area contributed by atoms with Crippen LogP contribution in [-0.2, 0) is 0 Å². The van der Waals surface area contributed by atoms with E-state index in [9.17, 15) is 14.9 Å². The molecule has 1 aromatic carbocycles. The maximum Gasteiger partial charge on any atom is 0.293 e. The Morgan fingerprint density at radius 1 is 1.32 bits per heavy atom. The van der Waals surface area contributed by atoms with Crippen LogP contribution in [0.1, 0.15) is 16.1 Å². The van der Waals surface area contributed by atoms with Gasteiger partial charge in [0.2, 0.25) is 0 Å². The number of aromatic nitrogens is 2. The first kappa shape index (κ1) is 13.7. The van der Waals surface area contributed by atoms with Gasteiger partial charge in [-0.15, -0.1) is 0 Å². The van der Waals surface area contributed by atoms with E-state index in [4.69, 9.17) is 0 Å². The van der Waals surface area contributed by atoms with Crippen LogP contribution in [0.5, 0.6) is 0 Å². The zero-order valence-corrected chi connectivity index (χ0v) is 11.7. The summed E-state index contributed by atoms with van der Waals surface area (Å²) < 4.78 is 0. The molecule has 0 saturated heterocycles. The fraction of sp³-hybridized carbons (Fsp3) is 0.0667. The van der Waals surface area contributed by atoms with Crippen LogP contribution in [0.2, 0.25) is 0 Å². The number of aromatic amines is 1. The van der Waals surface area contributed by atoms with Crippen LogP contribution in [0.3, 0.4) is 0 Å². The highest BCUT2D eigenvalue weighted by Crippen LogP contribution is 2.25. The van der Waals surface area contributed by atoms with E-state index >= 15 is 0 Å². The van der Waals surface area contributed by atoms with Crippen LogP contribution in [0.4, 0.5) is 11.5 Å². The maximum absolute atomic E-state index is 12.2. The molecule has 7 heteroatoms. The summed E-state index contributed by atoms with van der Waals surface area (Å²) in [6.45, 7) is 1.90. The molecular formula is C15H12N4O3. The van der Waals surface area contributed by atoms with Crippen molar-refractivity contribution in [2.45, 2.75) is 6.92 Å². The van der Waals surface area contributed by atoms with Gasteiger partial charge in [0.25, 0.3) is 11.6 Å². The van der Waals surface area contributed by atoms with E-state index in [0.717, 1.165) is 5.56 Å². The molecule has 2 N–H and O–H groups in total. The summed E-state index contributed by atoms with van der Waals surface area (Å²) in [6.07, 6.45) is 1.64. The Balaban J connectivity index is 1.93. The predicted octanol–water partition coefficient (Wildman–Crippen LogP) is 3.03. The van der Waals surface area contributed by atoms with Gasteiger partial charge in [0.15, 0.2) is 0 Å². The summed E-state index contributed by atoms with van der Waals surface area (Å²) in [7, 11) is 0. The molecule has 22 heavy (non-hydrogen) atoms. The lowest BCUT2D eigenvalue weighted by Gasteiger charge is -2.02. The number of benzene rings is 1. The fourth-order valence-corrected chi connectivity index (χ4v) is 2.14. The molecular weight excluding hydrogens is 284 g/mol. The molecule has 0 aliphatic carbocycles. The van der Waals surface area contributed by atoms with Crippen LogP contribution in [-0.4, -0.2) is 20.8 Å². The number of nitrogens with zero attached hydrogens (tertiary/aromatic N) is 2. The summed E-state index contributed by atoms with van der Waals surface area (Å²) in [5.41, 5.74) is 1.49. The molecule has 0 saturated carbocycles. The summed E-state index contributed by atoms with van der Waals surface area (Å²) in [5.74, 6) is 0.0191. The van der Waals surface area contributed by atoms with Gasteiger partial charge in [-0.1, -0.05) is 18.2 Å². The Labute approximate surface area is 125 Å². The smallest absolute Gasteiger partial charge is 0.293 e. The summed E-state index contributed by atoms with van der Waals surface area (Å²) in [5, 5.41) is 14.2. The second-order valence-electron chi connectivity index (χ2n) is 4.86. The van der Waals surface area contributed by atoms with E-state index in [2.05, 4.69) is 15.3 Å². The third-order valence-electron chi connectivity index (χ3n) is 3.23. The number of amides is 1. The predicted molar refractivity (Wildman–Crippen MR) is 81.9 cm³/mol. The highest BCUT2D eigenvalue weighted by atomic mass is 16.6. The van der Waals surface area contributed by atoms with Gasteiger partial charge in [0, 0.05) is 17.6 Å². The third-order valence-corrected chi connectivity index (χ3v) is 3.23. The van der Waals surface area contributed by atoms with E-state index in [0.29, 0.717) is 16.7 Å². The monoisotopic (exact) mass is 296 g/mol. The zero-order valence-electron chi connectivity index (χ0n) is 11.7. The van der Waals surface area contributed by atoms with Gasteiger partial charge in [-0.2, -0.15) is 0 Å². The lowest BCUT2D eigenvalue weighted by Crippen LogP contribution is -2.13. The number of aryl methyl sites for hydroxylation is 1. The molecule has 0 unspecified atom stereocenters. The molecule has 0 aliphatic rings. The second kappa shape index (κ2) is 5.28. The molecule has 0 spiro atoms. The molecule has 0 radical (unpaired) electrons. The SMILES string of the molecule is Cc1ccc(NC(=O)c2cc3cccc([N+](=O)[O-])c3[nH]2)nc1. The molecule has 3 rings (SSSR count). The molecule has 2 aromatic heterocycles. The average Bonchev–Trinajstić information content (AvgIpc) is 2.93. The van der Waals surface area contributed by atoms with Gasteiger partial charge in [-0.05, 0) is 24.6 Å². The lowest BCUT2D eigenvalue weighted by molar-refractivity contribution is -0.383. The number of H-pyrrole nitrogens is 1. The quantitative estimate of drug-likeness (QED) is 0.573. The molecule has 3 aromatic rings. The Morgan fingerprint density at radius 2 is 2.14 bits per heavy atom. The minimum Gasteiger partial charge on any atom is -0.345 e. The van der Waals surface area contributed by atoms with E-state index in [1.165, 1.54) is 6.07 Å². The number of hydrogen-bond donors (Lipinski definition) is 2. The van der Waals surface area contributed by atoms with Crippen molar-refractivity contribution in [3.05, 3.63) is 64.0 Å². The number of pyridine rings is 1. The number of carbonyl (C=O) groups excluding carboxylic acids is 1. The van der Waals surface area contributed by atoms with Crippen molar-refractivity contribution in [1.29, 1.82) is 0 Å². The normalized spacial score (nSPS) is 10.6. The zero-order chi connectivity index (χ0) is 15.7. The van der Waals surface area contributed by atoms with Crippen molar-refractivity contribution >= 4 is 28.3 Å². The Kier molecular flexibility index (Phi) is 3.30. The standard InChI is InChI=1S/C15H12N4O3/c1-9-5-6-13(16-8-9)18-15(20)11-7-10-3-2-4-12(19(21)22)14(10)17-11/h2-8,17H,1H3,(H,16,18,20). The van der Waals surface area contributed by atoms with Gasteiger partial charge in [0.05, 0.1) is 4.92 Å². The van der Waals surface area contributed by atoms with Gasteiger partial charge < -0.3 is 10.3 Å². The first-order chi connectivity index (χ1) is 10.5. The van der Waals surface area contributed by atoms with Crippen molar-refractivity contribution in [2.75, 3.05) is 5.32 Å². The summed E-state index contributed by atoms with van der Waals surface area (Å²) in [6, 6.07) is 9.78. The van der Waals surface area contributed by atoms with Crippen LogP contribution >= 0.6 is 0 Å². The van der Waals surface area contributed by atoms with Crippen molar-refractivity contribution in [3.8, 4) is 0 Å². The van der Waals surface area contributed by atoms with E-state index < -0.39 is 10.8 Å². The van der Waals surface area contributed by atoms with Crippen molar-refractivity contribution in [3.63, 3.8) is 0 Å². The third kappa shape index (κ3) is 2.51. The Morgan fingerprint density at radius 3 is 2.82 bits per heavy atom. The van der Waals surface area contributed by atoms with Crippen molar-refractivity contribution in [2.24, 2.45) is 0 Å². The first-order valence-corrected chi connectivity index (χ1v) is 6.55. The minimum absolute atomic E-state index is 0.0648. The highest BCUT2D eigenvalue weighted by molar-refractivity contribution is 6.06. The molecule has 0 bridgehead atoms. The second-order valence-corrected chi connectivity index (χ2v) is 4.86. The Bertz CT molecular complexity index is 868. The van der Waals surface area contributed by atoms with Gasteiger partial charge in [0.1, 0.15) is 17.0 Å². The van der Waals surface area contributed by atoms with E-state index in [-0.39, 0.29) is 11.4 Å². The molecule has 0 aliphatic heterocycles. The maximum atomic E-state index is 12.2. The fourth-order valence-electron chi connectivity index (χ4n) is 2.14. The van der Waals surface area contributed by atoms with Crippen LogP contribution in [0.15, 0.2) is 42.6 Å². The minimum atomic E-state index is -0.484. The summed E-state index contributed by atoms with van der Waals surface area (Å²) in [4.78, 5) is 29.6. The van der Waals surface area contributed by atoms with E-state index in [1.54, 1.807) is 30.5 Å². The number of hydrogen-bond acceptors (Lipinski definition) is 4. The number of para-hydroxylation sites is 1.